The van der Waals surface area contributed by atoms with Crippen LogP contribution in [0.2, 0.25) is 0 Å². The Morgan fingerprint density at radius 2 is 1.57 bits per heavy atom. The van der Waals surface area contributed by atoms with Gasteiger partial charge in [0, 0.05) is 5.92 Å². The SMILES string of the molecule is CC1(OCC(=O)O)CN(C(=O)CNC(=O)CNC(=O)OCC2c3ccccc3-c3ccccc32)C1. The van der Waals surface area contributed by atoms with Crippen LogP contribution in [-0.2, 0) is 23.9 Å². The molecular weight excluding hydrogens is 454 g/mol. The Kier molecular flexibility index (Phi) is 7.02. The van der Waals surface area contributed by atoms with Crippen molar-refractivity contribution in [2.24, 2.45) is 0 Å². The number of nitrogens with one attached hydrogen (secondary N) is 2. The van der Waals surface area contributed by atoms with E-state index in [2.05, 4.69) is 10.6 Å². The van der Waals surface area contributed by atoms with Gasteiger partial charge in [-0.2, -0.15) is 0 Å². The van der Waals surface area contributed by atoms with Gasteiger partial charge in [-0.3, -0.25) is 9.59 Å². The van der Waals surface area contributed by atoms with Crippen LogP contribution >= 0.6 is 0 Å². The van der Waals surface area contributed by atoms with Gasteiger partial charge in [0.15, 0.2) is 0 Å². The molecule has 2 aliphatic rings. The fourth-order valence-corrected chi connectivity index (χ4v) is 4.42. The fourth-order valence-electron chi connectivity index (χ4n) is 4.42. The number of rotatable bonds is 9. The molecule has 3 N–H and O–H groups in total. The van der Waals surface area contributed by atoms with Crippen molar-refractivity contribution in [2.45, 2.75) is 18.4 Å². The molecule has 0 saturated carbocycles. The van der Waals surface area contributed by atoms with Gasteiger partial charge in [-0.05, 0) is 29.2 Å². The summed E-state index contributed by atoms with van der Waals surface area (Å²) in [4.78, 5) is 48.4. The van der Waals surface area contributed by atoms with Crippen LogP contribution in [0.5, 0.6) is 0 Å². The Labute approximate surface area is 202 Å². The quantitative estimate of drug-likeness (QED) is 0.492. The van der Waals surface area contributed by atoms with Crippen LogP contribution in [0.15, 0.2) is 48.5 Å². The van der Waals surface area contributed by atoms with E-state index in [1.165, 1.54) is 4.90 Å². The summed E-state index contributed by atoms with van der Waals surface area (Å²) in [6.07, 6.45) is -0.720. The Morgan fingerprint density at radius 3 is 2.17 bits per heavy atom. The molecule has 1 aliphatic heterocycles. The highest BCUT2D eigenvalue weighted by Gasteiger charge is 2.42. The Balaban J connectivity index is 1.17. The number of carboxylic acids is 1. The van der Waals surface area contributed by atoms with Crippen LogP contribution < -0.4 is 10.6 Å². The highest BCUT2D eigenvalue weighted by Crippen LogP contribution is 2.44. The van der Waals surface area contributed by atoms with Gasteiger partial charge < -0.3 is 30.1 Å². The molecule has 2 aromatic rings. The summed E-state index contributed by atoms with van der Waals surface area (Å²) in [6, 6.07) is 16.0. The first-order valence-corrected chi connectivity index (χ1v) is 11.2. The van der Waals surface area contributed by atoms with E-state index in [9.17, 15) is 19.2 Å². The van der Waals surface area contributed by atoms with Crippen molar-refractivity contribution < 1.29 is 33.8 Å². The number of carbonyl (C=O) groups is 4. The first-order chi connectivity index (χ1) is 16.8. The maximum absolute atomic E-state index is 12.2. The van der Waals surface area contributed by atoms with Gasteiger partial charge in [0.2, 0.25) is 11.8 Å². The van der Waals surface area contributed by atoms with E-state index in [1.54, 1.807) is 6.92 Å². The normalized spacial score (nSPS) is 15.4. The minimum atomic E-state index is -1.08. The second kappa shape index (κ2) is 10.1. The topological polar surface area (TPSA) is 134 Å². The number of nitrogens with zero attached hydrogens (tertiary/aromatic N) is 1. The third kappa shape index (κ3) is 5.60. The van der Waals surface area contributed by atoms with E-state index < -0.39 is 30.2 Å². The summed E-state index contributed by atoms with van der Waals surface area (Å²) in [5, 5.41) is 13.5. The van der Waals surface area contributed by atoms with Gasteiger partial charge >= 0.3 is 12.1 Å². The number of aliphatic carboxylic acids is 1. The minimum Gasteiger partial charge on any atom is -0.480 e. The molecule has 1 aliphatic carbocycles. The Bertz CT molecular complexity index is 1100. The third-order valence-corrected chi connectivity index (χ3v) is 6.12. The highest BCUT2D eigenvalue weighted by atomic mass is 16.5. The van der Waals surface area contributed by atoms with Crippen molar-refractivity contribution in [3.63, 3.8) is 0 Å². The molecule has 0 bridgehead atoms. The van der Waals surface area contributed by atoms with Gasteiger partial charge in [0.05, 0.1) is 19.6 Å². The fraction of sp³-hybridized carbons (Fsp3) is 0.360. The summed E-state index contributed by atoms with van der Waals surface area (Å²) >= 11 is 0. The maximum Gasteiger partial charge on any atom is 0.407 e. The van der Waals surface area contributed by atoms with Gasteiger partial charge in [-0.15, -0.1) is 0 Å². The highest BCUT2D eigenvalue weighted by molar-refractivity contribution is 5.87. The van der Waals surface area contributed by atoms with Crippen LogP contribution in [0.3, 0.4) is 0 Å². The van der Waals surface area contributed by atoms with E-state index in [0.29, 0.717) is 0 Å². The van der Waals surface area contributed by atoms with Crippen LogP contribution in [-0.4, -0.2) is 78.9 Å². The monoisotopic (exact) mass is 481 g/mol. The molecule has 4 rings (SSSR count). The van der Waals surface area contributed by atoms with Crippen LogP contribution in [0.4, 0.5) is 4.79 Å². The van der Waals surface area contributed by atoms with Crippen LogP contribution in [0.25, 0.3) is 11.1 Å². The summed E-state index contributed by atoms with van der Waals surface area (Å²) in [5.41, 5.74) is 3.72. The van der Waals surface area contributed by atoms with Gasteiger partial charge in [0.25, 0.3) is 0 Å². The van der Waals surface area contributed by atoms with E-state index in [4.69, 9.17) is 14.6 Å². The predicted molar refractivity (Wildman–Crippen MR) is 125 cm³/mol. The van der Waals surface area contributed by atoms with E-state index in [1.807, 2.05) is 48.5 Å². The molecule has 1 saturated heterocycles. The molecular formula is C25H27N3O7. The second-order valence-electron chi connectivity index (χ2n) is 8.84. The van der Waals surface area contributed by atoms with Crippen molar-refractivity contribution in [3.05, 3.63) is 59.7 Å². The Hall–Kier alpha value is -3.92. The molecule has 10 heteroatoms. The minimum absolute atomic E-state index is 0.0821. The van der Waals surface area contributed by atoms with Crippen LogP contribution in [0, 0.1) is 0 Å². The predicted octanol–water partition coefficient (Wildman–Crippen LogP) is 1.34. The first-order valence-electron chi connectivity index (χ1n) is 11.2. The van der Waals surface area contributed by atoms with Crippen molar-refractivity contribution in [3.8, 4) is 11.1 Å². The molecule has 0 spiro atoms. The van der Waals surface area contributed by atoms with Crippen LogP contribution in [0.1, 0.15) is 24.0 Å². The number of alkyl carbamates (subject to hydrolysis) is 1. The molecule has 0 radical (unpaired) electrons. The van der Waals surface area contributed by atoms with Gasteiger partial charge in [0.1, 0.15) is 25.4 Å². The zero-order chi connectivity index (χ0) is 25.0. The Morgan fingerprint density at radius 1 is 0.971 bits per heavy atom. The number of benzene rings is 2. The zero-order valence-corrected chi connectivity index (χ0v) is 19.3. The summed E-state index contributed by atoms with van der Waals surface area (Å²) in [7, 11) is 0. The largest absolute Gasteiger partial charge is 0.480 e. The number of fused-ring (bicyclic) bond motifs is 3. The number of carbonyl (C=O) groups excluding carboxylic acids is 3. The molecule has 0 aromatic heterocycles. The standard InChI is InChI=1S/C25H27N3O7/c1-25(35-13-23(31)32)14-28(15-25)22(30)11-26-21(29)10-27-24(33)34-12-20-18-8-4-2-6-16(18)17-7-3-5-9-19(17)20/h2-9,20H,10-15H2,1H3,(H,26,29)(H,27,33)(H,31,32). The molecule has 1 fully saturated rings. The molecule has 2 aromatic carbocycles. The number of ether oxygens (including phenoxy) is 2. The van der Waals surface area contributed by atoms with Crippen molar-refractivity contribution in [2.75, 3.05) is 39.4 Å². The molecule has 1 heterocycles. The second-order valence-corrected chi connectivity index (χ2v) is 8.84. The maximum atomic E-state index is 12.2. The molecule has 0 unspecified atom stereocenters. The average molecular weight is 482 g/mol. The number of hydrogen-bond donors (Lipinski definition) is 3. The molecule has 0 atom stereocenters. The number of likely N-dealkylation sites (tertiary alicyclic amines) is 1. The average Bonchev–Trinajstić information content (AvgIpc) is 3.15. The summed E-state index contributed by atoms with van der Waals surface area (Å²) in [6.45, 7) is 1.34. The number of amides is 3. The molecule has 35 heavy (non-hydrogen) atoms. The summed E-state index contributed by atoms with van der Waals surface area (Å²) < 4.78 is 10.6. The van der Waals surface area contributed by atoms with Crippen molar-refractivity contribution >= 4 is 23.9 Å². The van der Waals surface area contributed by atoms with E-state index in [0.717, 1.165) is 22.3 Å². The smallest absolute Gasteiger partial charge is 0.407 e. The lowest BCUT2D eigenvalue weighted by Gasteiger charge is -2.47. The van der Waals surface area contributed by atoms with Crippen molar-refractivity contribution in [1.29, 1.82) is 0 Å². The van der Waals surface area contributed by atoms with E-state index in [-0.39, 0.29) is 44.6 Å². The van der Waals surface area contributed by atoms with Crippen molar-refractivity contribution in [1.82, 2.24) is 15.5 Å². The first kappa shape index (κ1) is 24.2. The lowest BCUT2D eigenvalue weighted by Crippen LogP contribution is -2.64. The lowest BCUT2D eigenvalue weighted by molar-refractivity contribution is -0.173. The summed E-state index contributed by atoms with van der Waals surface area (Å²) in [5.74, 6) is -2.01. The van der Waals surface area contributed by atoms with Gasteiger partial charge in [-0.25, -0.2) is 9.59 Å². The molecule has 10 nitrogen and oxygen atoms in total. The zero-order valence-electron chi connectivity index (χ0n) is 19.3. The molecule has 3 amide bonds. The molecule has 184 valence electrons. The van der Waals surface area contributed by atoms with E-state index >= 15 is 0 Å². The number of carboxylic acid groups (broad SMARTS) is 1. The lowest BCUT2D eigenvalue weighted by atomic mass is 9.96. The number of hydrogen-bond acceptors (Lipinski definition) is 6. The third-order valence-electron chi connectivity index (χ3n) is 6.12. The van der Waals surface area contributed by atoms with Gasteiger partial charge in [-0.1, -0.05) is 48.5 Å².